The van der Waals surface area contributed by atoms with Crippen LogP contribution in [0.2, 0.25) is 0 Å². The Morgan fingerprint density at radius 2 is 2.19 bits per heavy atom. The molecule has 1 heterocycles. The van der Waals surface area contributed by atoms with Gasteiger partial charge in [-0.05, 0) is 18.6 Å². The Morgan fingerprint density at radius 1 is 1.50 bits per heavy atom. The average molecular weight is 243 g/mol. The lowest BCUT2D eigenvalue weighted by Crippen LogP contribution is -2.27. The fraction of sp³-hybridized carbons (Fsp3) is 0.364. The fourth-order valence-electron chi connectivity index (χ4n) is 1.72. The molecule has 1 aliphatic heterocycles. The van der Waals surface area contributed by atoms with E-state index >= 15 is 0 Å². The molecule has 0 aliphatic carbocycles. The number of fused-ring (bicyclic) bond motifs is 1. The summed E-state index contributed by atoms with van der Waals surface area (Å²) in [6.07, 6.45) is -0.423. The second-order valence-corrected chi connectivity index (χ2v) is 4.09. The van der Waals surface area contributed by atoms with Gasteiger partial charge >= 0.3 is 5.97 Å². The van der Waals surface area contributed by atoms with E-state index in [4.69, 9.17) is 21.1 Å². The SMILES string of the molecule is COc1cc(O)c2c(c1)[C@@H](Cl)[C@H](C)OC2=O. The Hall–Kier alpha value is -1.42. The molecule has 0 bridgehead atoms. The molecule has 0 aromatic heterocycles. The van der Waals surface area contributed by atoms with Crippen molar-refractivity contribution in [2.75, 3.05) is 7.11 Å². The number of methoxy groups -OCH3 is 1. The van der Waals surface area contributed by atoms with Crippen LogP contribution in [0, 0.1) is 0 Å². The number of carbonyl (C=O) groups is 1. The zero-order chi connectivity index (χ0) is 11.9. The van der Waals surface area contributed by atoms with Crippen molar-refractivity contribution >= 4 is 17.6 Å². The summed E-state index contributed by atoms with van der Waals surface area (Å²) in [5, 5.41) is 9.23. The molecule has 0 saturated carbocycles. The number of carbonyl (C=O) groups excluding carboxylic acids is 1. The number of benzene rings is 1. The second kappa shape index (κ2) is 3.87. The molecular weight excluding hydrogens is 232 g/mol. The van der Waals surface area contributed by atoms with Crippen LogP contribution < -0.4 is 4.74 Å². The van der Waals surface area contributed by atoms with Crippen molar-refractivity contribution in [2.45, 2.75) is 18.4 Å². The molecule has 1 aromatic carbocycles. The number of aromatic hydroxyl groups is 1. The van der Waals surface area contributed by atoms with Gasteiger partial charge in [0, 0.05) is 6.07 Å². The van der Waals surface area contributed by atoms with Crippen LogP contribution in [0.15, 0.2) is 12.1 Å². The molecule has 1 aromatic rings. The fourth-order valence-corrected chi connectivity index (χ4v) is 1.94. The first-order valence-corrected chi connectivity index (χ1v) is 5.24. The van der Waals surface area contributed by atoms with Gasteiger partial charge in [0.05, 0.1) is 12.5 Å². The smallest absolute Gasteiger partial charge is 0.342 e. The van der Waals surface area contributed by atoms with Gasteiger partial charge in [-0.2, -0.15) is 0 Å². The van der Waals surface area contributed by atoms with Gasteiger partial charge in [-0.1, -0.05) is 0 Å². The van der Waals surface area contributed by atoms with Crippen LogP contribution in [0.25, 0.3) is 0 Å². The Labute approximate surface area is 97.7 Å². The van der Waals surface area contributed by atoms with Gasteiger partial charge in [0.1, 0.15) is 23.2 Å². The Kier molecular flexibility index (Phi) is 2.68. The van der Waals surface area contributed by atoms with Crippen LogP contribution >= 0.6 is 11.6 Å². The molecule has 1 N–H and O–H groups in total. The van der Waals surface area contributed by atoms with Crippen LogP contribution in [0.5, 0.6) is 11.5 Å². The Balaban J connectivity index is 2.62. The van der Waals surface area contributed by atoms with E-state index in [2.05, 4.69) is 0 Å². The molecule has 0 amide bonds. The van der Waals surface area contributed by atoms with E-state index in [0.717, 1.165) is 0 Å². The average Bonchev–Trinajstić information content (AvgIpc) is 2.24. The zero-order valence-corrected chi connectivity index (χ0v) is 9.62. The number of phenolic OH excluding ortho intramolecular Hbond substituents is 1. The van der Waals surface area contributed by atoms with E-state index < -0.39 is 17.5 Å². The van der Waals surface area contributed by atoms with Gasteiger partial charge in [-0.3, -0.25) is 0 Å². The van der Waals surface area contributed by atoms with E-state index in [1.54, 1.807) is 13.0 Å². The Bertz CT molecular complexity index is 444. The molecule has 0 saturated heterocycles. The molecule has 2 rings (SSSR count). The predicted octanol–water partition coefficient (Wildman–Crippen LogP) is 2.24. The summed E-state index contributed by atoms with van der Waals surface area (Å²) >= 11 is 6.12. The highest BCUT2D eigenvalue weighted by molar-refractivity contribution is 6.22. The van der Waals surface area contributed by atoms with Gasteiger partial charge in [-0.25, -0.2) is 4.79 Å². The summed E-state index contributed by atoms with van der Waals surface area (Å²) in [6.45, 7) is 1.70. The first kappa shape index (κ1) is 11.1. The minimum atomic E-state index is -0.556. The predicted molar refractivity (Wildman–Crippen MR) is 58.1 cm³/mol. The number of alkyl halides is 1. The zero-order valence-electron chi connectivity index (χ0n) is 8.86. The summed E-state index contributed by atoms with van der Waals surface area (Å²) in [5.74, 6) is -0.264. The summed E-state index contributed by atoms with van der Waals surface area (Å²) < 4.78 is 10.0. The van der Waals surface area contributed by atoms with Gasteiger partial charge in [0.25, 0.3) is 0 Å². The lowest BCUT2D eigenvalue weighted by Gasteiger charge is -2.27. The number of hydrogen-bond acceptors (Lipinski definition) is 4. The van der Waals surface area contributed by atoms with Crippen molar-refractivity contribution in [1.29, 1.82) is 0 Å². The molecule has 2 atom stereocenters. The van der Waals surface area contributed by atoms with Crippen LogP contribution in [0.3, 0.4) is 0 Å². The number of esters is 1. The van der Waals surface area contributed by atoms with Crippen molar-refractivity contribution in [3.8, 4) is 11.5 Å². The molecular formula is C11H11ClO4. The van der Waals surface area contributed by atoms with E-state index in [1.807, 2.05) is 0 Å². The number of phenols is 1. The summed E-state index contributed by atoms with van der Waals surface area (Å²) in [5.41, 5.74) is 0.668. The lowest BCUT2D eigenvalue weighted by molar-refractivity contribution is 0.0284. The molecule has 4 nitrogen and oxygen atoms in total. The number of hydrogen-bond donors (Lipinski definition) is 1. The van der Waals surface area contributed by atoms with E-state index in [9.17, 15) is 9.90 Å². The maximum absolute atomic E-state index is 11.6. The third-order valence-electron chi connectivity index (χ3n) is 2.56. The number of rotatable bonds is 1. The number of halogens is 1. The van der Waals surface area contributed by atoms with Crippen molar-refractivity contribution in [2.24, 2.45) is 0 Å². The largest absolute Gasteiger partial charge is 0.507 e. The van der Waals surface area contributed by atoms with Gasteiger partial charge in [-0.15, -0.1) is 11.6 Å². The molecule has 86 valence electrons. The topological polar surface area (TPSA) is 55.8 Å². The molecule has 1 aliphatic rings. The quantitative estimate of drug-likeness (QED) is 0.606. The van der Waals surface area contributed by atoms with Crippen molar-refractivity contribution in [3.63, 3.8) is 0 Å². The molecule has 0 unspecified atom stereocenters. The molecule has 0 spiro atoms. The van der Waals surface area contributed by atoms with E-state index in [1.165, 1.54) is 13.2 Å². The monoisotopic (exact) mass is 242 g/mol. The minimum absolute atomic E-state index is 0.124. The minimum Gasteiger partial charge on any atom is -0.507 e. The standard InChI is InChI=1S/C11H11ClO4/c1-5-10(12)7-3-6(15-2)4-8(13)9(7)11(14)16-5/h3-5,10,13H,1-2H3/t5-,10-/m0/s1. The number of ether oxygens (including phenoxy) is 2. The van der Waals surface area contributed by atoms with Gasteiger partial charge < -0.3 is 14.6 Å². The third-order valence-corrected chi connectivity index (χ3v) is 3.15. The Morgan fingerprint density at radius 3 is 2.81 bits per heavy atom. The first-order valence-electron chi connectivity index (χ1n) is 4.80. The van der Waals surface area contributed by atoms with Crippen LogP contribution in [-0.2, 0) is 4.74 Å². The van der Waals surface area contributed by atoms with Crippen LogP contribution in [-0.4, -0.2) is 24.3 Å². The van der Waals surface area contributed by atoms with Crippen molar-refractivity contribution in [1.82, 2.24) is 0 Å². The second-order valence-electron chi connectivity index (χ2n) is 3.62. The lowest BCUT2D eigenvalue weighted by atomic mass is 9.97. The van der Waals surface area contributed by atoms with Crippen LogP contribution in [0.1, 0.15) is 28.2 Å². The van der Waals surface area contributed by atoms with Crippen LogP contribution in [0.4, 0.5) is 0 Å². The van der Waals surface area contributed by atoms with Gasteiger partial charge in [0.2, 0.25) is 0 Å². The van der Waals surface area contributed by atoms with Gasteiger partial charge in [0.15, 0.2) is 0 Å². The molecule has 0 radical (unpaired) electrons. The summed E-state index contributed by atoms with van der Waals surface area (Å²) in [6, 6.07) is 3.00. The molecule has 0 fully saturated rings. The number of cyclic esters (lactones) is 1. The van der Waals surface area contributed by atoms with Crippen molar-refractivity contribution in [3.05, 3.63) is 23.3 Å². The highest BCUT2D eigenvalue weighted by Crippen LogP contribution is 2.40. The highest BCUT2D eigenvalue weighted by Gasteiger charge is 2.34. The highest BCUT2D eigenvalue weighted by atomic mass is 35.5. The third kappa shape index (κ3) is 1.59. The molecule has 16 heavy (non-hydrogen) atoms. The normalized spacial score (nSPS) is 23.6. The van der Waals surface area contributed by atoms with E-state index in [-0.39, 0.29) is 11.3 Å². The summed E-state index contributed by atoms with van der Waals surface area (Å²) in [7, 11) is 1.48. The van der Waals surface area contributed by atoms with E-state index in [0.29, 0.717) is 11.3 Å². The summed E-state index contributed by atoms with van der Waals surface area (Å²) in [4.78, 5) is 11.6. The maximum atomic E-state index is 11.6. The van der Waals surface area contributed by atoms with Crippen molar-refractivity contribution < 1.29 is 19.4 Å². The maximum Gasteiger partial charge on any atom is 0.342 e. The first-order chi connectivity index (χ1) is 7.54. The molecule has 5 heteroatoms.